The average Bonchev–Trinajstić information content (AvgIpc) is 2.98. The largest absolute Gasteiger partial charge is 0.508 e. The normalized spacial score (nSPS) is 13.5. The summed E-state index contributed by atoms with van der Waals surface area (Å²) in [6.45, 7) is 6.30. The molecule has 4 nitrogen and oxygen atoms in total. The van der Waals surface area contributed by atoms with Crippen LogP contribution in [0, 0.1) is 0 Å². The maximum atomic E-state index is 12.9. The molecule has 4 rings (SSSR count). The Morgan fingerprint density at radius 1 is 1.11 bits per heavy atom. The van der Waals surface area contributed by atoms with Gasteiger partial charge in [-0.25, -0.2) is 4.99 Å². The summed E-state index contributed by atoms with van der Waals surface area (Å²) >= 11 is 7.65. The summed E-state index contributed by atoms with van der Waals surface area (Å²) in [7, 11) is 0. The van der Waals surface area contributed by atoms with Crippen LogP contribution >= 0.6 is 23.4 Å². The van der Waals surface area contributed by atoms with Crippen molar-refractivity contribution in [2.45, 2.75) is 18.2 Å². The van der Waals surface area contributed by atoms with Gasteiger partial charge >= 0.3 is 0 Å². The van der Waals surface area contributed by atoms with Gasteiger partial charge in [0.15, 0.2) is 0 Å². The number of halogens is 1. The van der Waals surface area contributed by atoms with Gasteiger partial charge in [-0.2, -0.15) is 0 Å². The Morgan fingerprint density at radius 3 is 2.69 bits per heavy atom. The third-order valence-electron chi connectivity index (χ3n) is 5.48. The molecular formula is C29H25ClN2O2S. The quantitative estimate of drug-likeness (QED) is 0.280. The maximum Gasteiger partial charge on any atom is 0.251 e. The Morgan fingerprint density at radius 2 is 1.91 bits per heavy atom. The van der Waals surface area contributed by atoms with Crippen LogP contribution in [-0.2, 0) is 11.2 Å². The number of nitrogens with zero attached hydrogens (tertiary/aromatic N) is 1. The van der Waals surface area contributed by atoms with Gasteiger partial charge in [0.25, 0.3) is 5.91 Å². The number of fused-ring (bicyclic) bond motifs is 1. The van der Waals surface area contributed by atoms with Crippen LogP contribution in [0.2, 0.25) is 5.02 Å². The molecule has 1 amide bonds. The summed E-state index contributed by atoms with van der Waals surface area (Å²) in [5.41, 5.74) is 4.65. The number of nitrogens with one attached hydrogen (secondary N) is 1. The molecule has 6 heteroatoms. The monoisotopic (exact) mass is 500 g/mol. The van der Waals surface area contributed by atoms with E-state index in [1.807, 2.05) is 61.5 Å². The molecule has 35 heavy (non-hydrogen) atoms. The highest BCUT2D eigenvalue weighted by Crippen LogP contribution is 2.37. The van der Waals surface area contributed by atoms with Gasteiger partial charge < -0.3 is 10.4 Å². The minimum absolute atomic E-state index is 0.170. The van der Waals surface area contributed by atoms with Gasteiger partial charge in [0, 0.05) is 38.1 Å². The van der Waals surface area contributed by atoms with Crippen molar-refractivity contribution < 1.29 is 9.90 Å². The molecule has 3 aromatic rings. The average molecular weight is 501 g/mol. The molecule has 0 radical (unpaired) electrons. The van der Waals surface area contributed by atoms with Crippen molar-refractivity contribution in [1.29, 1.82) is 0 Å². The molecule has 0 atom stereocenters. The van der Waals surface area contributed by atoms with Crippen LogP contribution in [0.5, 0.6) is 5.75 Å². The summed E-state index contributed by atoms with van der Waals surface area (Å²) in [5.74, 6) is -0.0496. The van der Waals surface area contributed by atoms with Gasteiger partial charge in [-0.3, -0.25) is 4.79 Å². The van der Waals surface area contributed by atoms with Gasteiger partial charge in [0.1, 0.15) is 5.75 Å². The number of carbonyl (C=O) groups excluding carboxylic acids is 1. The van der Waals surface area contributed by atoms with Crippen molar-refractivity contribution in [3.8, 4) is 5.75 Å². The number of phenolic OH excluding ortho intramolecular Hbond substituents is 1. The number of amides is 1. The molecule has 0 aliphatic carbocycles. The second kappa shape index (κ2) is 11.3. The van der Waals surface area contributed by atoms with E-state index in [4.69, 9.17) is 16.6 Å². The van der Waals surface area contributed by atoms with Crippen LogP contribution in [0.25, 0.3) is 0 Å². The molecule has 0 spiro atoms. The molecule has 0 aromatic heterocycles. The van der Waals surface area contributed by atoms with Crippen LogP contribution in [-0.4, -0.2) is 23.3 Å². The second-order valence-corrected chi connectivity index (χ2v) is 9.68. The number of allylic oxidation sites excluding steroid dienone is 2. The molecule has 1 aliphatic rings. The molecule has 0 saturated carbocycles. The van der Waals surface area contributed by atoms with Crippen molar-refractivity contribution in [1.82, 2.24) is 5.32 Å². The van der Waals surface area contributed by atoms with Crippen LogP contribution in [0.15, 0.2) is 118 Å². The lowest BCUT2D eigenvalue weighted by Gasteiger charge is -2.10. The molecule has 0 fully saturated rings. The highest BCUT2D eigenvalue weighted by atomic mass is 35.5. The van der Waals surface area contributed by atoms with Crippen LogP contribution in [0.4, 0.5) is 0 Å². The number of aromatic hydroxyl groups is 1. The molecule has 1 heterocycles. The van der Waals surface area contributed by atoms with Crippen LogP contribution in [0.3, 0.4) is 0 Å². The number of hydrogen-bond donors (Lipinski definition) is 2. The Labute approximate surface area is 214 Å². The fourth-order valence-electron chi connectivity index (χ4n) is 3.71. The zero-order valence-corrected chi connectivity index (χ0v) is 20.9. The van der Waals surface area contributed by atoms with E-state index in [0.717, 1.165) is 32.2 Å². The molecular weight excluding hydrogens is 476 g/mol. The Kier molecular flexibility index (Phi) is 7.91. The highest BCUT2D eigenvalue weighted by molar-refractivity contribution is 8.03. The first kappa shape index (κ1) is 24.6. The third-order valence-corrected chi connectivity index (χ3v) is 6.81. The smallest absolute Gasteiger partial charge is 0.251 e. The van der Waals surface area contributed by atoms with Crippen LogP contribution in [0.1, 0.15) is 23.6 Å². The Hall–Kier alpha value is -3.54. The number of rotatable bonds is 7. The summed E-state index contributed by atoms with van der Waals surface area (Å²) in [4.78, 5) is 19.9. The fraction of sp³-hybridized carbons (Fsp3) is 0.103. The SMILES string of the molecule is C=C/C(=C\C1=C(C)Sc2ccccc2C(c2cccc(O)c2)=N1)C(=O)NCCc1cccc(Cl)c1. The van der Waals surface area contributed by atoms with Gasteiger partial charge in [-0.1, -0.05) is 78.5 Å². The fourth-order valence-corrected chi connectivity index (χ4v) is 4.89. The lowest BCUT2D eigenvalue weighted by atomic mass is 10.0. The first-order chi connectivity index (χ1) is 16.9. The van der Waals surface area contributed by atoms with Crippen molar-refractivity contribution in [3.05, 3.63) is 129 Å². The zero-order valence-electron chi connectivity index (χ0n) is 19.3. The van der Waals surface area contributed by atoms with Gasteiger partial charge in [-0.15, -0.1) is 0 Å². The lowest BCUT2D eigenvalue weighted by Crippen LogP contribution is -2.26. The van der Waals surface area contributed by atoms with E-state index in [1.54, 1.807) is 42.1 Å². The summed E-state index contributed by atoms with van der Waals surface area (Å²) in [5, 5.41) is 13.7. The molecule has 176 valence electrons. The first-order valence-corrected chi connectivity index (χ1v) is 12.4. The van der Waals surface area contributed by atoms with E-state index in [2.05, 4.69) is 11.9 Å². The Balaban J connectivity index is 1.63. The predicted octanol–water partition coefficient (Wildman–Crippen LogP) is 6.69. The highest BCUT2D eigenvalue weighted by Gasteiger charge is 2.19. The van der Waals surface area contributed by atoms with E-state index in [9.17, 15) is 9.90 Å². The number of carbonyl (C=O) groups is 1. The standard InChI is InChI=1S/C29H25ClN2O2S/c1-3-21(29(34)31-15-14-20-8-6-10-23(30)16-20)18-26-19(2)35-27-13-5-4-12-25(27)28(32-26)22-9-7-11-24(33)17-22/h3-13,16-18,33H,1,14-15H2,2H3,(H,31,34)/b21-18+. The number of benzene rings is 3. The molecule has 3 aromatic carbocycles. The van der Waals surface area contributed by atoms with Gasteiger partial charge in [-0.05, 0) is 55.3 Å². The van der Waals surface area contributed by atoms with E-state index < -0.39 is 0 Å². The second-order valence-electron chi connectivity index (χ2n) is 7.99. The Bertz CT molecular complexity index is 1370. The van der Waals surface area contributed by atoms with Gasteiger partial charge in [0.05, 0.1) is 11.4 Å². The predicted molar refractivity (Wildman–Crippen MR) is 145 cm³/mol. The summed E-state index contributed by atoms with van der Waals surface area (Å²) in [6.07, 6.45) is 3.98. The van der Waals surface area contributed by atoms with E-state index in [1.165, 1.54) is 0 Å². The van der Waals surface area contributed by atoms with Crippen molar-refractivity contribution in [3.63, 3.8) is 0 Å². The van der Waals surface area contributed by atoms with Gasteiger partial charge in [0.2, 0.25) is 0 Å². The topological polar surface area (TPSA) is 61.7 Å². The summed E-state index contributed by atoms with van der Waals surface area (Å²) in [6, 6.07) is 22.7. The minimum atomic E-state index is -0.219. The van der Waals surface area contributed by atoms with Crippen molar-refractivity contribution >= 4 is 35.0 Å². The van der Waals surface area contributed by atoms with E-state index >= 15 is 0 Å². The van der Waals surface area contributed by atoms with E-state index in [0.29, 0.717) is 29.3 Å². The molecule has 0 saturated heterocycles. The molecule has 0 bridgehead atoms. The number of aliphatic imine (C=N–C) groups is 1. The molecule has 2 N–H and O–H groups in total. The first-order valence-electron chi connectivity index (χ1n) is 11.2. The minimum Gasteiger partial charge on any atom is -0.508 e. The van der Waals surface area contributed by atoms with Crippen molar-refractivity contribution in [2.24, 2.45) is 4.99 Å². The number of hydrogen-bond acceptors (Lipinski definition) is 4. The zero-order chi connectivity index (χ0) is 24.8. The number of thioether (sulfide) groups is 1. The number of phenols is 1. The maximum absolute atomic E-state index is 12.9. The third kappa shape index (κ3) is 6.13. The van der Waals surface area contributed by atoms with E-state index in [-0.39, 0.29) is 11.7 Å². The molecule has 0 unspecified atom stereocenters. The summed E-state index contributed by atoms with van der Waals surface area (Å²) < 4.78 is 0. The van der Waals surface area contributed by atoms with Crippen molar-refractivity contribution in [2.75, 3.05) is 6.54 Å². The lowest BCUT2D eigenvalue weighted by molar-refractivity contribution is -0.117. The van der Waals surface area contributed by atoms with Crippen LogP contribution < -0.4 is 5.32 Å². The molecule has 1 aliphatic heterocycles.